The predicted molar refractivity (Wildman–Crippen MR) is 81.7 cm³/mol. The van der Waals surface area contributed by atoms with Crippen molar-refractivity contribution >= 4 is 11.7 Å². The monoisotopic (exact) mass is 277 g/mol. The van der Waals surface area contributed by atoms with Gasteiger partial charge in [-0.15, -0.1) is 0 Å². The molecule has 1 amide bonds. The maximum atomic E-state index is 12.7. The summed E-state index contributed by atoms with van der Waals surface area (Å²) in [6.07, 6.45) is 5.33. The fourth-order valence-corrected chi connectivity index (χ4v) is 3.30. The van der Waals surface area contributed by atoms with Crippen molar-refractivity contribution in [3.8, 4) is 0 Å². The zero-order valence-corrected chi connectivity index (χ0v) is 13.1. The molecule has 112 valence electrons. The zero-order chi connectivity index (χ0) is 14.8. The second-order valence-corrected chi connectivity index (χ2v) is 6.90. The van der Waals surface area contributed by atoms with E-state index in [4.69, 9.17) is 0 Å². The first-order chi connectivity index (χ1) is 9.43. The fraction of sp³-hybridized carbons (Fsp3) is 0.750. The second-order valence-electron chi connectivity index (χ2n) is 6.90. The molecule has 2 N–H and O–H groups in total. The lowest BCUT2D eigenvalue weighted by Crippen LogP contribution is -2.35. The van der Waals surface area contributed by atoms with Crippen molar-refractivity contribution in [2.75, 3.05) is 5.32 Å². The number of hydrogen-bond acceptors (Lipinski definition) is 2. The van der Waals surface area contributed by atoms with Gasteiger partial charge in [-0.25, -0.2) is 0 Å². The van der Waals surface area contributed by atoms with Gasteiger partial charge in [-0.2, -0.15) is 5.10 Å². The Bertz CT molecular complexity index is 456. The molecule has 0 saturated heterocycles. The number of H-pyrrole nitrogens is 1. The molecule has 1 fully saturated rings. The van der Waals surface area contributed by atoms with Crippen LogP contribution in [0, 0.1) is 11.3 Å². The number of aromatic amines is 1. The molecule has 4 heteroatoms. The largest absolute Gasteiger partial charge is 0.309 e. The number of aromatic nitrogens is 2. The molecule has 1 aromatic rings. The molecule has 1 saturated carbocycles. The fourth-order valence-electron chi connectivity index (χ4n) is 3.30. The molecule has 4 nitrogen and oxygen atoms in total. The van der Waals surface area contributed by atoms with E-state index in [-0.39, 0.29) is 11.3 Å². The van der Waals surface area contributed by atoms with Crippen LogP contribution in [0.3, 0.4) is 0 Å². The Morgan fingerprint density at radius 2 is 2.00 bits per heavy atom. The summed E-state index contributed by atoms with van der Waals surface area (Å²) in [5.74, 6) is 1.76. The van der Waals surface area contributed by atoms with Gasteiger partial charge in [0, 0.05) is 17.2 Å². The molecule has 0 aliphatic heterocycles. The van der Waals surface area contributed by atoms with Crippen molar-refractivity contribution in [2.24, 2.45) is 11.3 Å². The first-order valence-corrected chi connectivity index (χ1v) is 7.80. The molecule has 2 rings (SSSR count). The Hall–Kier alpha value is -1.32. The van der Waals surface area contributed by atoms with Gasteiger partial charge >= 0.3 is 0 Å². The molecular formula is C16H27N3O. The highest BCUT2D eigenvalue weighted by Gasteiger charge is 2.41. The first-order valence-electron chi connectivity index (χ1n) is 7.80. The predicted octanol–water partition coefficient (Wildman–Crippen LogP) is 4.08. The molecule has 0 atom stereocenters. The maximum Gasteiger partial charge on any atom is 0.231 e. The molecule has 0 bridgehead atoms. The van der Waals surface area contributed by atoms with Gasteiger partial charge in [0.05, 0.1) is 0 Å². The molecule has 20 heavy (non-hydrogen) atoms. The zero-order valence-electron chi connectivity index (χ0n) is 13.1. The summed E-state index contributed by atoms with van der Waals surface area (Å²) >= 11 is 0. The van der Waals surface area contributed by atoms with Crippen LogP contribution in [0.2, 0.25) is 0 Å². The number of nitrogens with zero attached hydrogens (tertiary/aromatic N) is 1. The van der Waals surface area contributed by atoms with Crippen LogP contribution in [0.15, 0.2) is 6.07 Å². The summed E-state index contributed by atoms with van der Waals surface area (Å²) in [5, 5.41) is 10.2. The minimum atomic E-state index is -0.175. The normalized spacial score (nSPS) is 17.9. The van der Waals surface area contributed by atoms with Gasteiger partial charge in [0.1, 0.15) is 0 Å². The van der Waals surface area contributed by atoms with Gasteiger partial charge in [-0.1, -0.05) is 40.5 Å². The number of rotatable bonds is 5. The lowest BCUT2D eigenvalue weighted by Gasteiger charge is -2.29. The SMILES string of the molecule is CC(C)CC1(C(=O)Nc2cc(C(C)C)[nH]n2)CCCC1. The van der Waals surface area contributed by atoms with Gasteiger partial charge < -0.3 is 5.32 Å². The Morgan fingerprint density at radius 1 is 1.35 bits per heavy atom. The highest BCUT2D eigenvalue weighted by atomic mass is 16.2. The van der Waals surface area contributed by atoms with Crippen molar-refractivity contribution < 1.29 is 4.79 Å². The molecule has 1 aliphatic carbocycles. The van der Waals surface area contributed by atoms with E-state index < -0.39 is 0 Å². The molecule has 1 heterocycles. The number of carbonyl (C=O) groups excluding carboxylic acids is 1. The highest BCUT2D eigenvalue weighted by Crippen LogP contribution is 2.44. The third-order valence-electron chi connectivity index (χ3n) is 4.30. The lowest BCUT2D eigenvalue weighted by atomic mass is 9.77. The molecule has 1 aromatic heterocycles. The Labute approximate surface area is 121 Å². The smallest absolute Gasteiger partial charge is 0.231 e. The average molecular weight is 277 g/mol. The molecule has 0 radical (unpaired) electrons. The quantitative estimate of drug-likeness (QED) is 0.852. The van der Waals surface area contributed by atoms with Crippen LogP contribution in [0.25, 0.3) is 0 Å². The topological polar surface area (TPSA) is 57.8 Å². The summed E-state index contributed by atoms with van der Waals surface area (Å²) in [6, 6.07) is 1.95. The van der Waals surface area contributed by atoms with Crippen molar-refractivity contribution in [1.29, 1.82) is 0 Å². The minimum absolute atomic E-state index is 0.158. The Kier molecular flexibility index (Phi) is 4.51. The van der Waals surface area contributed by atoms with E-state index in [0.717, 1.165) is 37.8 Å². The second kappa shape index (κ2) is 5.98. The Balaban J connectivity index is 2.08. The van der Waals surface area contributed by atoms with E-state index in [2.05, 4.69) is 43.2 Å². The average Bonchev–Trinajstić information content (AvgIpc) is 2.98. The van der Waals surface area contributed by atoms with Crippen LogP contribution >= 0.6 is 0 Å². The van der Waals surface area contributed by atoms with Gasteiger partial charge in [-0.3, -0.25) is 9.89 Å². The molecular weight excluding hydrogens is 250 g/mol. The summed E-state index contributed by atoms with van der Waals surface area (Å²) in [7, 11) is 0. The minimum Gasteiger partial charge on any atom is -0.309 e. The number of amides is 1. The van der Waals surface area contributed by atoms with Crippen molar-refractivity contribution in [3.63, 3.8) is 0 Å². The molecule has 0 unspecified atom stereocenters. The molecule has 1 aliphatic rings. The first kappa shape index (κ1) is 15.1. The lowest BCUT2D eigenvalue weighted by molar-refractivity contribution is -0.126. The van der Waals surface area contributed by atoms with E-state index in [0.29, 0.717) is 17.7 Å². The van der Waals surface area contributed by atoms with Crippen molar-refractivity contribution in [3.05, 3.63) is 11.8 Å². The number of carbonyl (C=O) groups is 1. The van der Waals surface area contributed by atoms with Gasteiger partial charge in [0.15, 0.2) is 5.82 Å². The highest BCUT2D eigenvalue weighted by molar-refractivity contribution is 5.94. The van der Waals surface area contributed by atoms with E-state index >= 15 is 0 Å². The summed E-state index contributed by atoms with van der Waals surface area (Å²) < 4.78 is 0. The Morgan fingerprint density at radius 3 is 2.50 bits per heavy atom. The van der Waals surface area contributed by atoms with Crippen LogP contribution in [0.1, 0.15) is 71.4 Å². The standard InChI is InChI=1S/C16H27N3O/c1-11(2)10-16(7-5-6-8-16)15(20)17-14-9-13(12(3)4)18-19-14/h9,11-12H,5-8,10H2,1-4H3,(H2,17,18,19,20). The number of nitrogens with one attached hydrogen (secondary N) is 2. The van der Waals surface area contributed by atoms with Crippen LogP contribution in [-0.2, 0) is 4.79 Å². The van der Waals surface area contributed by atoms with Gasteiger partial charge in [-0.05, 0) is 31.1 Å². The van der Waals surface area contributed by atoms with Crippen LogP contribution in [0.4, 0.5) is 5.82 Å². The summed E-state index contributed by atoms with van der Waals surface area (Å²) in [6.45, 7) is 8.60. The van der Waals surface area contributed by atoms with Crippen molar-refractivity contribution in [1.82, 2.24) is 10.2 Å². The summed E-state index contributed by atoms with van der Waals surface area (Å²) in [5.41, 5.74) is 0.884. The van der Waals surface area contributed by atoms with E-state index in [1.165, 1.54) is 0 Å². The van der Waals surface area contributed by atoms with Crippen LogP contribution in [0.5, 0.6) is 0 Å². The van der Waals surface area contributed by atoms with Gasteiger partial charge in [0.2, 0.25) is 5.91 Å². The third kappa shape index (κ3) is 3.22. The maximum absolute atomic E-state index is 12.7. The van der Waals surface area contributed by atoms with E-state index in [1.54, 1.807) is 0 Å². The molecule has 0 spiro atoms. The number of anilines is 1. The number of hydrogen-bond donors (Lipinski definition) is 2. The van der Waals surface area contributed by atoms with E-state index in [9.17, 15) is 4.79 Å². The molecule has 0 aromatic carbocycles. The summed E-state index contributed by atoms with van der Waals surface area (Å²) in [4.78, 5) is 12.7. The van der Waals surface area contributed by atoms with Crippen LogP contribution in [-0.4, -0.2) is 16.1 Å². The van der Waals surface area contributed by atoms with Crippen LogP contribution < -0.4 is 5.32 Å². The van der Waals surface area contributed by atoms with Gasteiger partial charge in [0.25, 0.3) is 0 Å². The van der Waals surface area contributed by atoms with Crippen molar-refractivity contribution in [2.45, 2.75) is 65.7 Å². The van der Waals surface area contributed by atoms with E-state index in [1.807, 2.05) is 6.07 Å². The third-order valence-corrected chi connectivity index (χ3v) is 4.30.